The Balaban J connectivity index is 1.98. The van der Waals surface area contributed by atoms with Crippen molar-refractivity contribution in [1.29, 1.82) is 0 Å². The van der Waals surface area contributed by atoms with Crippen LogP contribution in [-0.4, -0.2) is 29.2 Å². The highest BCUT2D eigenvalue weighted by Gasteiger charge is 2.22. The zero-order valence-electron chi connectivity index (χ0n) is 13.2. The van der Waals surface area contributed by atoms with Crippen molar-refractivity contribution in [2.45, 2.75) is 11.3 Å². The maximum Gasteiger partial charge on any atom is 0.262 e. The summed E-state index contributed by atoms with van der Waals surface area (Å²) in [4.78, 5) is 0.180. The van der Waals surface area contributed by atoms with E-state index in [1.807, 2.05) is 0 Å². The standard InChI is InChI=1S/C16H17ClN2O4S/c1-22-11-8-13(17)16(15(9-11)23-2)19-24(20,21)12-3-4-14-10(7-12)5-6-18-14/h3-4,7-9,18-19H,5-6H2,1-2H3. The van der Waals surface area contributed by atoms with Crippen LogP contribution in [0, 0.1) is 0 Å². The van der Waals surface area contributed by atoms with Gasteiger partial charge in [0.05, 0.1) is 24.1 Å². The Morgan fingerprint density at radius 2 is 1.96 bits per heavy atom. The Bertz CT molecular complexity index is 884. The van der Waals surface area contributed by atoms with Crippen molar-refractivity contribution in [2.24, 2.45) is 0 Å². The number of hydrogen-bond donors (Lipinski definition) is 2. The summed E-state index contributed by atoms with van der Waals surface area (Å²) in [6, 6.07) is 8.08. The van der Waals surface area contributed by atoms with Gasteiger partial charge in [0.2, 0.25) is 0 Å². The molecule has 0 aliphatic carbocycles. The van der Waals surface area contributed by atoms with Crippen molar-refractivity contribution in [3.05, 3.63) is 40.9 Å². The van der Waals surface area contributed by atoms with Crippen molar-refractivity contribution in [1.82, 2.24) is 0 Å². The first-order chi connectivity index (χ1) is 11.4. The van der Waals surface area contributed by atoms with E-state index in [2.05, 4.69) is 10.0 Å². The van der Waals surface area contributed by atoms with E-state index in [1.165, 1.54) is 20.3 Å². The highest BCUT2D eigenvalue weighted by atomic mass is 35.5. The van der Waals surface area contributed by atoms with Crippen LogP contribution in [0.5, 0.6) is 11.5 Å². The quantitative estimate of drug-likeness (QED) is 0.847. The first-order valence-corrected chi connectivity index (χ1v) is 9.12. The Hall–Kier alpha value is -2.12. The van der Waals surface area contributed by atoms with E-state index < -0.39 is 10.0 Å². The number of halogens is 1. The van der Waals surface area contributed by atoms with Gasteiger partial charge in [-0.1, -0.05) is 11.6 Å². The number of methoxy groups -OCH3 is 2. The summed E-state index contributed by atoms with van der Waals surface area (Å²) in [5.41, 5.74) is 2.12. The van der Waals surface area contributed by atoms with E-state index in [1.54, 1.807) is 24.3 Å². The Kier molecular flexibility index (Phi) is 4.47. The third kappa shape index (κ3) is 3.09. The van der Waals surface area contributed by atoms with Crippen LogP contribution in [0.15, 0.2) is 35.2 Å². The number of anilines is 2. The van der Waals surface area contributed by atoms with Crippen LogP contribution in [0.25, 0.3) is 0 Å². The summed E-state index contributed by atoms with van der Waals surface area (Å²) in [7, 11) is -0.865. The molecule has 0 fully saturated rings. The summed E-state index contributed by atoms with van der Waals surface area (Å²) < 4.78 is 38.2. The van der Waals surface area contributed by atoms with Crippen molar-refractivity contribution >= 4 is 33.0 Å². The summed E-state index contributed by atoms with van der Waals surface area (Å²) in [6.07, 6.45) is 0.797. The fraction of sp³-hybridized carbons (Fsp3) is 0.250. The lowest BCUT2D eigenvalue weighted by Gasteiger charge is -2.15. The van der Waals surface area contributed by atoms with Crippen LogP contribution in [-0.2, 0) is 16.4 Å². The molecule has 0 bridgehead atoms. The number of sulfonamides is 1. The number of rotatable bonds is 5. The lowest BCUT2D eigenvalue weighted by molar-refractivity contribution is 0.395. The molecule has 3 rings (SSSR count). The molecule has 8 heteroatoms. The minimum atomic E-state index is -3.79. The zero-order valence-corrected chi connectivity index (χ0v) is 14.8. The molecule has 0 aromatic heterocycles. The molecule has 0 amide bonds. The molecule has 1 aliphatic rings. The fourth-order valence-electron chi connectivity index (χ4n) is 2.58. The predicted molar refractivity (Wildman–Crippen MR) is 94.0 cm³/mol. The molecular formula is C16H17ClN2O4S. The van der Waals surface area contributed by atoms with Crippen molar-refractivity contribution in [2.75, 3.05) is 30.8 Å². The van der Waals surface area contributed by atoms with Gasteiger partial charge in [-0.2, -0.15) is 0 Å². The predicted octanol–water partition coefficient (Wildman–Crippen LogP) is 3.13. The molecule has 24 heavy (non-hydrogen) atoms. The van der Waals surface area contributed by atoms with Crippen LogP contribution >= 0.6 is 11.6 Å². The molecular weight excluding hydrogens is 352 g/mol. The minimum absolute atomic E-state index is 0.179. The molecule has 0 saturated carbocycles. The second-order valence-corrected chi connectivity index (χ2v) is 7.38. The largest absolute Gasteiger partial charge is 0.497 e. The van der Waals surface area contributed by atoms with Gasteiger partial charge in [0, 0.05) is 24.4 Å². The van der Waals surface area contributed by atoms with Gasteiger partial charge in [-0.05, 0) is 30.2 Å². The first-order valence-electron chi connectivity index (χ1n) is 7.26. The van der Waals surface area contributed by atoms with Gasteiger partial charge >= 0.3 is 0 Å². The maximum atomic E-state index is 12.7. The summed E-state index contributed by atoms with van der Waals surface area (Å²) in [5.74, 6) is 0.758. The number of hydrogen-bond acceptors (Lipinski definition) is 5. The van der Waals surface area contributed by atoms with Gasteiger partial charge in [-0.3, -0.25) is 4.72 Å². The van der Waals surface area contributed by atoms with Gasteiger partial charge in [0.25, 0.3) is 10.0 Å². The number of fused-ring (bicyclic) bond motifs is 1. The van der Waals surface area contributed by atoms with Crippen molar-refractivity contribution in [3.8, 4) is 11.5 Å². The van der Waals surface area contributed by atoms with Crippen LogP contribution < -0.4 is 19.5 Å². The Morgan fingerprint density at radius 1 is 1.17 bits per heavy atom. The number of benzene rings is 2. The summed E-state index contributed by atoms with van der Waals surface area (Å²) >= 11 is 6.18. The number of ether oxygens (including phenoxy) is 2. The van der Waals surface area contributed by atoms with E-state index in [4.69, 9.17) is 21.1 Å². The summed E-state index contributed by atoms with van der Waals surface area (Å²) in [5, 5.41) is 3.39. The Morgan fingerprint density at radius 3 is 2.67 bits per heavy atom. The van der Waals surface area contributed by atoms with E-state index in [-0.39, 0.29) is 21.4 Å². The highest BCUT2D eigenvalue weighted by molar-refractivity contribution is 7.92. The molecule has 0 spiro atoms. The Labute approximate surface area is 145 Å². The van der Waals surface area contributed by atoms with E-state index in [0.29, 0.717) is 5.75 Å². The molecule has 0 atom stereocenters. The van der Waals surface area contributed by atoms with Gasteiger partial charge in [0.15, 0.2) is 0 Å². The minimum Gasteiger partial charge on any atom is -0.497 e. The smallest absolute Gasteiger partial charge is 0.262 e. The van der Waals surface area contributed by atoms with E-state index in [0.717, 1.165) is 24.2 Å². The zero-order chi connectivity index (χ0) is 17.3. The van der Waals surface area contributed by atoms with Crippen LogP contribution in [0.4, 0.5) is 11.4 Å². The molecule has 0 radical (unpaired) electrons. The third-order valence-corrected chi connectivity index (χ3v) is 5.46. The molecule has 0 saturated heterocycles. The lowest BCUT2D eigenvalue weighted by atomic mass is 10.2. The first kappa shape index (κ1) is 16.7. The second-order valence-electron chi connectivity index (χ2n) is 5.29. The van der Waals surface area contributed by atoms with Gasteiger partial charge < -0.3 is 14.8 Å². The van der Waals surface area contributed by atoms with E-state index in [9.17, 15) is 8.42 Å². The highest BCUT2D eigenvalue weighted by Crippen LogP contribution is 2.38. The SMILES string of the molecule is COc1cc(Cl)c(NS(=O)(=O)c2ccc3c(c2)CCN3)c(OC)c1. The van der Waals surface area contributed by atoms with Crippen LogP contribution in [0.3, 0.4) is 0 Å². The topological polar surface area (TPSA) is 76.7 Å². The average Bonchev–Trinajstić information content (AvgIpc) is 3.04. The van der Waals surface area contributed by atoms with Crippen LogP contribution in [0.2, 0.25) is 5.02 Å². The molecule has 6 nitrogen and oxygen atoms in total. The van der Waals surface area contributed by atoms with Crippen molar-refractivity contribution in [3.63, 3.8) is 0 Å². The number of nitrogens with one attached hydrogen (secondary N) is 2. The molecule has 2 aromatic carbocycles. The molecule has 2 aromatic rings. The summed E-state index contributed by atoms with van der Waals surface area (Å²) in [6.45, 7) is 0.810. The van der Waals surface area contributed by atoms with Crippen molar-refractivity contribution < 1.29 is 17.9 Å². The third-order valence-electron chi connectivity index (χ3n) is 3.82. The second kappa shape index (κ2) is 6.41. The molecule has 1 heterocycles. The normalized spacial score (nSPS) is 13.1. The van der Waals surface area contributed by atoms with E-state index >= 15 is 0 Å². The molecule has 1 aliphatic heterocycles. The average molecular weight is 369 g/mol. The van der Waals surface area contributed by atoms with Gasteiger partial charge in [-0.15, -0.1) is 0 Å². The maximum absolute atomic E-state index is 12.7. The monoisotopic (exact) mass is 368 g/mol. The lowest BCUT2D eigenvalue weighted by Crippen LogP contribution is -2.14. The molecule has 2 N–H and O–H groups in total. The van der Waals surface area contributed by atoms with Gasteiger partial charge in [-0.25, -0.2) is 8.42 Å². The molecule has 128 valence electrons. The van der Waals surface area contributed by atoms with Crippen LogP contribution in [0.1, 0.15) is 5.56 Å². The molecule has 0 unspecified atom stereocenters. The fourth-order valence-corrected chi connectivity index (χ4v) is 4.02. The van der Waals surface area contributed by atoms with Gasteiger partial charge in [0.1, 0.15) is 17.2 Å².